The van der Waals surface area contributed by atoms with Gasteiger partial charge in [-0.05, 0) is 40.8 Å². The van der Waals surface area contributed by atoms with Gasteiger partial charge in [0.1, 0.15) is 12.9 Å². The summed E-state index contributed by atoms with van der Waals surface area (Å²) in [5.74, 6) is -1.97. The molecule has 1 aromatic heterocycles. The van der Waals surface area contributed by atoms with Crippen molar-refractivity contribution >= 4 is 29.4 Å². The number of para-hydroxylation sites is 1. The molecule has 0 unspecified atom stereocenters. The average Bonchev–Trinajstić information content (AvgIpc) is 3.38. The maximum absolute atomic E-state index is 12.5. The largest absolute Gasteiger partial charge is 0.493 e. The first kappa shape index (κ1) is 24.6. The highest BCUT2D eigenvalue weighted by Gasteiger charge is 2.17. The Morgan fingerprint density at radius 3 is 2.43 bits per heavy atom. The van der Waals surface area contributed by atoms with Gasteiger partial charge in [-0.3, -0.25) is 25.2 Å². The lowest BCUT2D eigenvalue weighted by molar-refractivity contribution is -0.125. The molecule has 0 saturated carbocycles. The van der Waals surface area contributed by atoms with E-state index in [0.29, 0.717) is 11.5 Å². The molecule has 3 N–H and O–H groups in total. The fraction of sp³-hybridized carbons (Fsp3) is 0.190. The predicted molar refractivity (Wildman–Crippen MR) is 118 cm³/mol. The molecule has 0 bridgehead atoms. The number of hydrogen-bond acceptors (Lipinski definition) is 10. The van der Waals surface area contributed by atoms with Crippen LogP contribution in [0.1, 0.15) is 20.7 Å². The fourth-order valence-electron chi connectivity index (χ4n) is 2.78. The van der Waals surface area contributed by atoms with Gasteiger partial charge in [-0.15, -0.1) is 5.10 Å². The number of nitrogens with zero attached hydrogens (tertiary/aromatic N) is 4. The number of rotatable bonds is 9. The van der Waals surface area contributed by atoms with Crippen molar-refractivity contribution in [3.63, 3.8) is 0 Å². The lowest BCUT2D eigenvalue weighted by Gasteiger charge is -2.12. The Balaban J connectivity index is 1.51. The molecule has 0 radical (unpaired) electrons. The van der Waals surface area contributed by atoms with Gasteiger partial charge in [0.05, 0.1) is 25.5 Å². The topological polar surface area (TPSA) is 176 Å². The summed E-state index contributed by atoms with van der Waals surface area (Å²) in [5.41, 5.74) is 4.76. The molecule has 0 fully saturated rings. The second-order valence-corrected chi connectivity index (χ2v) is 6.75. The van der Waals surface area contributed by atoms with E-state index in [4.69, 9.17) is 14.2 Å². The van der Waals surface area contributed by atoms with E-state index in [2.05, 4.69) is 31.7 Å². The second-order valence-electron chi connectivity index (χ2n) is 6.75. The van der Waals surface area contributed by atoms with Gasteiger partial charge in [-0.25, -0.2) is 9.48 Å². The van der Waals surface area contributed by atoms with E-state index in [9.17, 15) is 19.2 Å². The third-order valence-corrected chi connectivity index (χ3v) is 4.41. The van der Waals surface area contributed by atoms with E-state index in [0.717, 1.165) is 0 Å². The smallest absolute Gasteiger partial charge is 0.340 e. The number of nitrogens with one attached hydrogen (secondary N) is 3. The highest BCUT2D eigenvalue weighted by atomic mass is 16.5. The summed E-state index contributed by atoms with van der Waals surface area (Å²) in [4.78, 5) is 48.9. The molecule has 0 saturated heterocycles. The van der Waals surface area contributed by atoms with Crippen LogP contribution in [0.4, 0.5) is 5.69 Å². The molecule has 35 heavy (non-hydrogen) atoms. The van der Waals surface area contributed by atoms with Gasteiger partial charge in [0.25, 0.3) is 11.8 Å². The Morgan fingerprint density at radius 1 is 0.943 bits per heavy atom. The highest BCUT2D eigenvalue weighted by molar-refractivity contribution is 6.02. The number of hydrazine groups is 1. The van der Waals surface area contributed by atoms with Crippen LogP contribution in [0.25, 0.3) is 0 Å². The maximum Gasteiger partial charge on any atom is 0.340 e. The maximum atomic E-state index is 12.5. The number of carbonyl (C=O) groups is 4. The van der Waals surface area contributed by atoms with E-state index in [1.807, 2.05) is 0 Å². The van der Waals surface area contributed by atoms with Crippen molar-refractivity contribution in [1.29, 1.82) is 0 Å². The van der Waals surface area contributed by atoms with Crippen molar-refractivity contribution in [1.82, 2.24) is 31.1 Å². The fourth-order valence-corrected chi connectivity index (χ4v) is 2.78. The summed E-state index contributed by atoms with van der Waals surface area (Å²) < 4.78 is 16.4. The number of ether oxygens (including phenoxy) is 3. The van der Waals surface area contributed by atoms with Gasteiger partial charge < -0.3 is 19.5 Å². The van der Waals surface area contributed by atoms with Crippen LogP contribution in [0.3, 0.4) is 0 Å². The number of methoxy groups -OCH3 is 2. The van der Waals surface area contributed by atoms with Crippen LogP contribution in [0.15, 0.2) is 48.8 Å². The minimum atomic E-state index is -0.857. The van der Waals surface area contributed by atoms with Crippen LogP contribution in [0.2, 0.25) is 0 Å². The Bertz CT molecular complexity index is 1210. The number of anilines is 1. The molecular weight excluding hydrogens is 462 g/mol. The first-order valence-electron chi connectivity index (χ1n) is 9.99. The summed E-state index contributed by atoms with van der Waals surface area (Å²) in [7, 11) is 2.88. The van der Waals surface area contributed by atoms with Crippen LogP contribution in [-0.4, -0.2) is 64.7 Å². The molecule has 2 aromatic carbocycles. The molecule has 0 aliphatic rings. The number of hydrogen-bond donors (Lipinski definition) is 3. The third-order valence-electron chi connectivity index (χ3n) is 4.41. The van der Waals surface area contributed by atoms with Gasteiger partial charge in [-0.1, -0.05) is 12.1 Å². The molecule has 14 nitrogen and oxygen atoms in total. The van der Waals surface area contributed by atoms with Crippen LogP contribution in [0.5, 0.6) is 11.5 Å². The quantitative estimate of drug-likeness (QED) is 0.276. The Labute approximate surface area is 198 Å². The van der Waals surface area contributed by atoms with Crippen molar-refractivity contribution < 1.29 is 33.4 Å². The lowest BCUT2D eigenvalue weighted by atomic mass is 10.2. The first-order chi connectivity index (χ1) is 16.9. The molecule has 0 spiro atoms. The Kier molecular flexibility index (Phi) is 8.26. The van der Waals surface area contributed by atoms with Gasteiger partial charge in [-0.2, -0.15) is 0 Å². The molecule has 3 rings (SSSR count). The summed E-state index contributed by atoms with van der Waals surface area (Å²) in [6.45, 7) is -0.851. The monoisotopic (exact) mass is 483 g/mol. The molecule has 0 aliphatic heterocycles. The van der Waals surface area contributed by atoms with E-state index < -0.39 is 30.3 Å². The van der Waals surface area contributed by atoms with Crippen molar-refractivity contribution in [3.05, 3.63) is 59.9 Å². The summed E-state index contributed by atoms with van der Waals surface area (Å²) in [6, 6.07) is 10.6. The number of benzene rings is 2. The summed E-state index contributed by atoms with van der Waals surface area (Å²) >= 11 is 0. The molecular formula is C21H21N7O7. The normalized spacial score (nSPS) is 10.1. The molecule has 0 aliphatic carbocycles. The van der Waals surface area contributed by atoms with Crippen LogP contribution < -0.4 is 25.6 Å². The SMILES string of the molecule is COc1ccc(C(=O)NNC(=O)COC(=O)c2ccccc2NC(=O)Cn2cnnn2)cc1OC. The van der Waals surface area contributed by atoms with Gasteiger partial charge in [0.2, 0.25) is 5.91 Å². The average molecular weight is 483 g/mol. The minimum absolute atomic E-state index is 0.0275. The van der Waals surface area contributed by atoms with Crippen LogP contribution >= 0.6 is 0 Å². The van der Waals surface area contributed by atoms with Crippen molar-refractivity contribution in [2.24, 2.45) is 0 Å². The van der Waals surface area contributed by atoms with E-state index in [1.165, 1.54) is 55.6 Å². The number of esters is 1. The molecule has 14 heteroatoms. The zero-order valence-corrected chi connectivity index (χ0v) is 18.7. The number of tetrazole rings is 1. The molecule has 0 atom stereocenters. The minimum Gasteiger partial charge on any atom is -0.493 e. The second kappa shape index (κ2) is 11.7. The zero-order valence-electron chi connectivity index (χ0n) is 18.7. The highest BCUT2D eigenvalue weighted by Crippen LogP contribution is 2.27. The van der Waals surface area contributed by atoms with Gasteiger partial charge in [0, 0.05) is 5.56 Å². The van der Waals surface area contributed by atoms with E-state index in [-0.39, 0.29) is 23.4 Å². The van der Waals surface area contributed by atoms with Gasteiger partial charge in [0.15, 0.2) is 18.1 Å². The number of amides is 3. The number of carbonyl (C=O) groups excluding carboxylic acids is 4. The zero-order chi connectivity index (χ0) is 25.2. The van der Waals surface area contributed by atoms with Crippen molar-refractivity contribution in [3.8, 4) is 11.5 Å². The van der Waals surface area contributed by atoms with Crippen LogP contribution in [0, 0.1) is 0 Å². The summed E-state index contributed by atoms with van der Waals surface area (Å²) in [6.07, 6.45) is 1.27. The predicted octanol–water partition coefficient (Wildman–Crippen LogP) is -0.0530. The lowest BCUT2D eigenvalue weighted by Crippen LogP contribution is -2.43. The Hall–Kier alpha value is -5.01. The van der Waals surface area contributed by atoms with Crippen molar-refractivity contribution in [2.75, 3.05) is 26.1 Å². The van der Waals surface area contributed by atoms with E-state index in [1.54, 1.807) is 12.1 Å². The van der Waals surface area contributed by atoms with Crippen LogP contribution in [-0.2, 0) is 20.9 Å². The Morgan fingerprint density at radius 2 is 1.71 bits per heavy atom. The molecule has 182 valence electrons. The summed E-state index contributed by atoms with van der Waals surface area (Å²) in [5, 5.41) is 13.0. The number of aromatic nitrogens is 4. The molecule has 3 amide bonds. The van der Waals surface area contributed by atoms with Gasteiger partial charge >= 0.3 is 5.97 Å². The third kappa shape index (κ3) is 6.74. The standard InChI is InChI=1S/C21H21N7O7/c1-33-16-8-7-13(9-17(16)34-2)20(31)25-24-19(30)11-35-21(32)14-5-3-4-6-15(14)23-18(29)10-28-12-22-26-27-28/h3-9,12H,10-11H2,1-2H3,(H,23,29)(H,24,30)(H,25,31). The first-order valence-corrected chi connectivity index (χ1v) is 9.99. The molecule has 3 aromatic rings. The molecule has 1 heterocycles. The van der Waals surface area contributed by atoms with Crippen molar-refractivity contribution in [2.45, 2.75) is 6.54 Å². The van der Waals surface area contributed by atoms with E-state index >= 15 is 0 Å².